The number of carbonyl (C=O) groups excluding carboxylic acids is 1. The Bertz CT molecular complexity index is 1110. The number of carboxylic acids is 1. The van der Waals surface area contributed by atoms with E-state index >= 15 is 0 Å². The highest BCUT2D eigenvalue weighted by atomic mass is 35.5. The van der Waals surface area contributed by atoms with E-state index in [1.165, 1.54) is 12.1 Å². The van der Waals surface area contributed by atoms with Gasteiger partial charge in [-0.1, -0.05) is 11.6 Å². The number of carboxylic acid groups (broad SMARTS) is 1. The zero-order valence-corrected chi connectivity index (χ0v) is 17.7. The summed E-state index contributed by atoms with van der Waals surface area (Å²) in [4.78, 5) is 25.9. The molecule has 1 aliphatic rings. The molecule has 1 aliphatic heterocycles. The highest BCUT2D eigenvalue weighted by Crippen LogP contribution is 2.33. The normalized spacial score (nSPS) is 11.8. The lowest BCUT2D eigenvalue weighted by molar-refractivity contribution is 0.0696. The number of hydrogen-bond acceptors (Lipinski definition) is 5. The molecule has 4 rings (SSSR count). The molecule has 164 valence electrons. The van der Waals surface area contributed by atoms with E-state index in [-0.39, 0.29) is 18.3 Å². The Balaban J connectivity index is 1.44. The highest BCUT2D eigenvalue weighted by molar-refractivity contribution is 6.30. The second kappa shape index (κ2) is 9.62. The van der Waals surface area contributed by atoms with Gasteiger partial charge in [-0.2, -0.15) is 0 Å². The highest BCUT2D eigenvalue weighted by Gasteiger charge is 2.21. The molecule has 0 unspecified atom stereocenters. The quantitative estimate of drug-likeness (QED) is 0.489. The van der Waals surface area contributed by atoms with Crippen LogP contribution in [-0.4, -0.2) is 36.9 Å². The fraction of sp³-hybridized carbons (Fsp3) is 0.167. The maximum absolute atomic E-state index is 13.3. The molecule has 0 atom stereocenters. The fourth-order valence-electron chi connectivity index (χ4n) is 3.26. The van der Waals surface area contributed by atoms with Gasteiger partial charge in [-0.15, -0.1) is 0 Å². The van der Waals surface area contributed by atoms with E-state index in [0.29, 0.717) is 53.1 Å². The van der Waals surface area contributed by atoms with Crippen LogP contribution < -0.4 is 19.1 Å². The van der Waals surface area contributed by atoms with Gasteiger partial charge in [0, 0.05) is 22.8 Å². The summed E-state index contributed by atoms with van der Waals surface area (Å²) >= 11 is 6.01. The third-order valence-electron chi connectivity index (χ3n) is 4.90. The van der Waals surface area contributed by atoms with Crippen LogP contribution in [0.1, 0.15) is 27.1 Å². The van der Waals surface area contributed by atoms with Crippen LogP contribution in [0.2, 0.25) is 5.02 Å². The van der Waals surface area contributed by atoms with Crippen molar-refractivity contribution in [1.29, 1.82) is 0 Å². The SMILES string of the molecule is O=C(O)c1ccc(OCCCN(C(=O)c2ccc3c(c2)OCO3)c2ccc(Cl)cc2)cc1. The molecule has 0 radical (unpaired) electrons. The maximum atomic E-state index is 13.3. The van der Waals surface area contributed by atoms with Gasteiger partial charge in [0.2, 0.25) is 6.79 Å². The van der Waals surface area contributed by atoms with Gasteiger partial charge in [0.05, 0.1) is 12.2 Å². The van der Waals surface area contributed by atoms with Gasteiger partial charge in [0.25, 0.3) is 5.91 Å². The van der Waals surface area contributed by atoms with Gasteiger partial charge in [-0.05, 0) is 73.2 Å². The Morgan fingerprint density at radius 3 is 2.34 bits per heavy atom. The lowest BCUT2D eigenvalue weighted by Gasteiger charge is -2.23. The molecule has 0 spiro atoms. The summed E-state index contributed by atoms with van der Waals surface area (Å²) in [6.07, 6.45) is 0.555. The Kier molecular flexibility index (Phi) is 6.47. The monoisotopic (exact) mass is 453 g/mol. The van der Waals surface area contributed by atoms with Crippen molar-refractivity contribution in [1.82, 2.24) is 0 Å². The van der Waals surface area contributed by atoms with Gasteiger partial charge in [-0.25, -0.2) is 4.79 Å². The lowest BCUT2D eigenvalue weighted by Crippen LogP contribution is -2.32. The van der Waals surface area contributed by atoms with E-state index in [1.807, 2.05) is 0 Å². The summed E-state index contributed by atoms with van der Waals surface area (Å²) in [5, 5.41) is 9.55. The van der Waals surface area contributed by atoms with Crippen molar-refractivity contribution in [3.63, 3.8) is 0 Å². The maximum Gasteiger partial charge on any atom is 0.335 e. The molecule has 0 saturated heterocycles. The zero-order valence-electron chi connectivity index (χ0n) is 17.0. The van der Waals surface area contributed by atoms with Gasteiger partial charge in [0.1, 0.15) is 5.75 Å². The van der Waals surface area contributed by atoms with Crippen LogP contribution in [0, 0.1) is 0 Å². The standard InChI is InChI=1S/C24H20ClNO6/c25-18-5-7-19(8-6-18)26(23(27)17-4-11-21-22(14-17)32-15-31-21)12-1-13-30-20-9-2-16(3-10-20)24(28)29/h2-11,14H,1,12-13,15H2,(H,28,29). The summed E-state index contributed by atoms with van der Waals surface area (Å²) in [7, 11) is 0. The molecule has 1 N–H and O–H groups in total. The average molecular weight is 454 g/mol. The molecule has 7 nitrogen and oxygen atoms in total. The van der Waals surface area contributed by atoms with Gasteiger partial charge in [0.15, 0.2) is 11.5 Å². The van der Waals surface area contributed by atoms with Crippen molar-refractivity contribution in [3.8, 4) is 17.2 Å². The summed E-state index contributed by atoms with van der Waals surface area (Å²) in [6.45, 7) is 0.895. The van der Waals surface area contributed by atoms with Crippen LogP contribution in [-0.2, 0) is 0 Å². The number of nitrogens with zero attached hydrogens (tertiary/aromatic N) is 1. The Hall–Kier alpha value is -3.71. The molecule has 3 aromatic carbocycles. The topological polar surface area (TPSA) is 85.3 Å². The predicted octanol–water partition coefficient (Wildman–Crippen LogP) is 4.88. The minimum atomic E-state index is -0.989. The molecule has 0 aliphatic carbocycles. The van der Waals surface area contributed by atoms with Gasteiger partial charge >= 0.3 is 5.97 Å². The smallest absolute Gasteiger partial charge is 0.335 e. The lowest BCUT2D eigenvalue weighted by atomic mass is 10.1. The summed E-state index contributed by atoms with van der Waals surface area (Å²) in [5.41, 5.74) is 1.39. The molecule has 0 saturated carbocycles. The van der Waals surface area contributed by atoms with Crippen molar-refractivity contribution < 1.29 is 28.9 Å². The van der Waals surface area contributed by atoms with E-state index in [2.05, 4.69) is 0 Å². The van der Waals surface area contributed by atoms with E-state index in [4.69, 9.17) is 30.9 Å². The molecule has 0 bridgehead atoms. The molecule has 3 aromatic rings. The largest absolute Gasteiger partial charge is 0.494 e. The summed E-state index contributed by atoms with van der Waals surface area (Å²) < 4.78 is 16.4. The van der Waals surface area contributed by atoms with Crippen LogP contribution in [0.5, 0.6) is 17.2 Å². The number of halogens is 1. The Labute approximate surface area is 189 Å². The first-order chi connectivity index (χ1) is 15.5. The number of fused-ring (bicyclic) bond motifs is 1. The number of aromatic carboxylic acids is 1. The predicted molar refractivity (Wildman–Crippen MR) is 119 cm³/mol. The first-order valence-electron chi connectivity index (χ1n) is 9.94. The van der Waals surface area contributed by atoms with Crippen LogP contribution >= 0.6 is 11.6 Å². The Morgan fingerprint density at radius 1 is 0.938 bits per heavy atom. The van der Waals surface area contributed by atoms with E-state index < -0.39 is 5.97 Å². The van der Waals surface area contributed by atoms with E-state index in [0.717, 1.165) is 0 Å². The van der Waals surface area contributed by atoms with Crippen molar-refractivity contribution in [3.05, 3.63) is 82.9 Å². The fourth-order valence-corrected chi connectivity index (χ4v) is 3.39. The minimum absolute atomic E-state index is 0.138. The van der Waals surface area contributed by atoms with Crippen molar-refractivity contribution in [2.45, 2.75) is 6.42 Å². The molecule has 0 aromatic heterocycles. The van der Waals surface area contributed by atoms with Crippen LogP contribution in [0.25, 0.3) is 0 Å². The number of carbonyl (C=O) groups is 2. The number of amides is 1. The third-order valence-corrected chi connectivity index (χ3v) is 5.15. The third kappa shape index (κ3) is 4.95. The number of benzene rings is 3. The molecular formula is C24H20ClNO6. The first kappa shape index (κ1) is 21.5. The molecular weight excluding hydrogens is 434 g/mol. The average Bonchev–Trinajstić information content (AvgIpc) is 3.28. The first-order valence-corrected chi connectivity index (χ1v) is 10.3. The number of hydrogen-bond donors (Lipinski definition) is 1. The molecule has 1 amide bonds. The molecule has 1 heterocycles. The molecule has 8 heteroatoms. The van der Waals surface area contributed by atoms with Gasteiger partial charge in [-0.3, -0.25) is 4.79 Å². The van der Waals surface area contributed by atoms with Crippen molar-refractivity contribution >= 4 is 29.2 Å². The van der Waals surface area contributed by atoms with E-state index in [1.54, 1.807) is 59.5 Å². The molecule has 0 fully saturated rings. The van der Waals surface area contributed by atoms with Crippen LogP contribution in [0.3, 0.4) is 0 Å². The number of anilines is 1. The minimum Gasteiger partial charge on any atom is -0.494 e. The van der Waals surface area contributed by atoms with Crippen LogP contribution in [0.4, 0.5) is 5.69 Å². The van der Waals surface area contributed by atoms with Gasteiger partial charge < -0.3 is 24.2 Å². The Morgan fingerprint density at radius 2 is 1.62 bits per heavy atom. The zero-order chi connectivity index (χ0) is 22.5. The second-order valence-corrected chi connectivity index (χ2v) is 7.47. The van der Waals surface area contributed by atoms with Crippen molar-refractivity contribution in [2.75, 3.05) is 24.8 Å². The summed E-state index contributed by atoms with van der Waals surface area (Å²) in [6, 6.07) is 18.3. The van der Waals surface area contributed by atoms with Crippen molar-refractivity contribution in [2.24, 2.45) is 0 Å². The van der Waals surface area contributed by atoms with E-state index in [9.17, 15) is 9.59 Å². The molecule has 32 heavy (non-hydrogen) atoms. The van der Waals surface area contributed by atoms with Crippen LogP contribution in [0.15, 0.2) is 66.7 Å². The number of ether oxygens (including phenoxy) is 3. The summed E-state index contributed by atoms with van der Waals surface area (Å²) in [5.74, 6) is 0.547. The second-order valence-electron chi connectivity index (χ2n) is 7.03. The number of rotatable bonds is 8.